The van der Waals surface area contributed by atoms with E-state index in [4.69, 9.17) is 14.0 Å². The normalized spacial score (nSPS) is 19.6. The highest BCUT2D eigenvalue weighted by Crippen LogP contribution is 2.38. The maximum absolute atomic E-state index is 11.8. The number of aromatic nitrogens is 1. The van der Waals surface area contributed by atoms with Crippen molar-refractivity contribution in [3.05, 3.63) is 21.6 Å². The Morgan fingerprint density at radius 1 is 1.38 bits per heavy atom. The van der Waals surface area contributed by atoms with Gasteiger partial charge in [0.05, 0.1) is 24.0 Å². The van der Waals surface area contributed by atoms with Gasteiger partial charge in [0.1, 0.15) is 9.88 Å². The smallest absolute Gasteiger partial charge is 0.462 e. The molecule has 1 aliphatic heterocycles. The Bertz CT molecular complexity index is 611. The first-order valence-corrected chi connectivity index (χ1v) is 8.85. The van der Waals surface area contributed by atoms with Crippen LogP contribution in [0, 0.1) is 0 Å². The second-order valence-corrected chi connectivity index (χ2v) is 7.68. The van der Waals surface area contributed by atoms with E-state index in [2.05, 4.69) is 10.3 Å². The molecule has 8 heteroatoms. The van der Waals surface area contributed by atoms with Crippen LogP contribution in [0.2, 0.25) is 0 Å². The highest BCUT2D eigenvalue weighted by Gasteiger charge is 2.52. The van der Waals surface area contributed by atoms with E-state index >= 15 is 0 Å². The number of likely N-dealkylation sites (N-methyl/N-ethyl adjacent to an activating group) is 1. The Morgan fingerprint density at radius 2 is 2.00 bits per heavy atom. The molecule has 1 aromatic heterocycles. The van der Waals surface area contributed by atoms with Crippen LogP contribution in [-0.4, -0.2) is 49.5 Å². The van der Waals surface area contributed by atoms with E-state index < -0.39 is 18.3 Å². The first-order chi connectivity index (χ1) is 11.2. The molecule has 2 heterocycles. The van der Waals surface area contributed by atoms with Gasteiger partial charge >= 0.3 is 13.1 Å². The lowest BCUT2D eigenvalue weighted by molar-refractivity contribution is 0.00578. The van der Waals surface area contributed by atoms with Crippen molar-refractivity contribution in [3.8, 4) is 0 Å². The van der Waals surface area contributed by atoms with Gasteiger partial charge in [-0.3, -0.25) is 0 Å². The molecule has 1 saturated heterocycles. The predicted molar refractivity (Wildman–Crippen MR) is 96.1 cm³/mol. The summed E-state index contributed by atoms with van der Waals surface area (Å²) in [6.45, 7) is 10.8. The average Bonchev–Trinajstić information content (AvgIpc) is 3.02. The van der Waals surface area contributed by atoms with Crippen molar-refractivity contribution < 1.29 is 18.8 Å². The number of carbonyl (C=O) groups excluding carboxylic acids is 1. The van der Waals surface area contributed by atoms with Gasteiger partial charge in [-0.1, -0.05) is 0 Å². The van der Waals surface area contributed by atoms with Crippen LogP contribution >= 0.6 is 11.3 Å². The molecule has 24 heavy (non-hydrogen) atoms. The van der Waals surface area contributed by atoms with Crippen LogP contribution in [0.25, 0.3) is 6.08 Å². The number of nitrogens with one attached hydrogen (secondary N) is 1. The largest absolute Gasteiger partial charge is 0.491 e. The molecule has 0 unspecified atom stereocenters. The predicted octanol–water partition coefficient (Wildman–Crippen LogP) is 2.55. The molecule has 0 atom stereocenters. The second kappa shape index (κ2) is 7.35. The Kier molecular flexibility index (Phi) is 5.85. The summed E-state index contributed by atoms with van der Waals surface area (Å²) in [5, 5.41) is 3.85. The van der Waals surface area contributed by atoms with E-state index in [1.54, 1.807) is 6.92 Å². The maximum Gasteiger partial charge on any atom is 0.491 e. The van der Waals surface area contributed by atoms with E-state index in [9.17, 15) is 4.79 Å². The lowest BCUT2D eigenvalue weighted by Crippen LogP contribution is -2.41. The van der Waals surface area contributed by atoms with Crippen molar-refractivity contribution in [3.63, 3.8) is 0 Å². The van der Waals surface area contributed by atoms with Gasteiger partial charge in [0.25, 0.3) is 0 Å². The Hall–Kier alpha value is -1.22. The van der Waals surface area contributed by atoms with Crippen molar-refractivity contribution in [2.75, 3.05) is 20.2 Å². The molecule has 0 spiro atoms. The molecule has 2 rings (SSSR count). The fourth-order valence-corrected chi connectivity index (χ4v) is 3.00. The lowest BCUT2D eigenvalue weighted by Gasteiger charge is -2.32. The number of hydrogen-bond donors (Lipinski definition) is 1. The van der Waals surface area contributed by atoms with Gasteiger partial charge in [0.2, 0.25) is 0 Å². The van der Waals surface area contributed by atoms with Gasteiger partial charge in [0, 0.05) is 6.54 Å². The molecule has 0 radical (unpaired) electrons. The maximum atomic E-state index is 11.8. The zero-order valence-electron chi connectivity index (χ0n) is 15.1. The Balaban J connectivity index is 2.22. The van der Waals surface area contributed by atoms with E-state index in [0.29, 0.717) is 18.0 Å². The summed E-state index contributed by atoms with van der Waals surface area (Å²) >= 11 is 1.29. The number of thiazole rings is 1. The molecule has 0 amide bonds. The molecule has 1 aliphatic rings. The molecule has 6 nitrogen and oxygen atoms in total. The third-order valence-corrected chi connectivity index (χ3v) is 5.17. The molecule has 0 saturated carbocycles. The first kappa shape index (κ1) is 19.1. The highest BCUT2D eigenvalue weighted by molar-refractivity contribution is 7.14. The van der Waals surface area contributed by atoms with Crippen LogP contribution in [0.15, 0.2) is 11.7 Å². The van der Waals surface area contributed by atoms with Crippen LogP contribution in [-0.2, 0) is 14.0 Å². The third kappa shape index (κ3) is 4.06. The standard InChI is InChI=1S/C16H25BN2O4S/c1-7-21-14(20)12-10-19-13(24-12)8-11(9-18-6)17-22-15(2,3)16(4,5)23-17/h8,10,18H,7,9H2,1-6H3. The van der Waals surface area contributed by atoms with Crippen molar-refractivity contribution in [2.45, 2.75) is 45.8 Å². The Morgan fingerprint density at radius 3 is 2.54 bits per heavy atom. The summed E-state index contributed by atoms with van der Waals surface area (Å²) in [7, 11) is 1.42. The minimum absolute atomic E-state index is 0.347. The van der Waals surface area contributed by atoms with Gasteiger partial charge in [-0.2, -0.15) is 0 Å². The molecule has 1 fully saturated rings. The zero-order valence-corrected chi connectivity index (χ0v) is 16.0. The molecular weight excluding hydrogens is 327 g/mol. The SMILES string of the molecule is CCOC(=O)c1cnc(C=C(CNC)B2OC(C)(C)C(C)(C)O2)s1. The van der Waals surface area contributed by atoms with Gasteiger partial charge in [0.15, 0.2) is 0 Å². The number of rotatable bonds is 6. The molecule has 132 valence electrons. The van der Waals surface area contributed by atoms with Gasteiger partial charge < -0.3 is 19.4 Å². The van der Waals surface area contributed by atoms with Crippen molar-refractivity contribution in [2.24, 2.45) is 0 Å². The van der Waals surface area contributed by atoms with E-state index in [-0.39, 0.29) is 5.97 Å². The summed E-state index contributed by atoms with van der Waals surface area (Å²) < 4.78 is 17.2. The Labute approximate surface area is 147 Å². The fourth-order valence-electron chi connectivity index (χ4n) is 2.21. The molecule has 0 aromatic carbocycles. The summed E-state index contributed by atoms with van der Waals surface area (Å²) in [6, 6.07) is 0. The van der Waals surface area contributed by atoms with Gasteiger partial charge in [-0.05, 0) is 53.2 Å². The van der Waals surface area contributed by atoms with Gasteiger partial charge in [-0.25, -0.2) is 9.78 Å². The number of nitrogens with zero attached hydrogens (tertiary/aromatic N) is 1. The highest BCUT2D eigenvalue weighted by atomic mass is 32.1. The minimum Gasteiger partial charge on any atom is -0.462 e. The zero-order chi connectivity index (χ0) is 18.0. The molecule has 0 bridgehead atoms. The van der Waals surface area contributed by atoms with Crippen LogP contribution in [0.5, 0.6) is 0 Å². The summed E-state index contributed by atoms with van der Waals surface area (Å²) in [5.41, 5.74) is 0.133. The van der Waals surface area contributed by atoms with Crippen LogP contribution in [0.3, 0.4) is 0 Å². The van der Waals surface area contributed by atoms with E-state index in [1.165, 1.54) is 17.5 Å². The minimum atomic E-state index is -0.447. The van der Waals surface area contributed by atoms with Crippen LogP contribution in [0.1, 0.15) is 49.3 Å². The summed E-state index contributed by atoms with van der Waals surface area (Å²) in [4.78, 5) is 16.5. The van der Waals surface area contributed by atoms with Crippen LogP contribution < -0.4 is 5.32 Å². The van der Waals surface area contributed by atoms with E-state index in [0.717, 1.165) is 10.5 Å². The number of hydrogen-bond acceptors (Lipinski definition) is 7. The molecular formula is C16H25BN2O4S. The van der Waals surface area contributed by atoms with Gasteiger partial charge in [-0.15, -0.1) is 11.3 Å². The molecule has 0 aliphatic carbocycles. The molecule has 1 N–H and O–H groups in total. The fraction of sp³-hybridized carbons (Fsp3) is 0.625. The monoisotopic (exact) mass is 352 g/mol. The van der Waals surface area contributed by atoms with Crippen LogP contribution in [0.4, 0.5) is 0 Å². The third-order valence-electron chi connectivity index (χ3n) is 4.25. The molecule has 1 aromatic rings. The second-order valence-electron chi connectivity index (χ2n) is 6.62. The topological polar surface area (TPSA) is 69.7 Å². The van der Waals surface area contributed by atoms with Crippen molar-refractivity contribution >= 4 is 30.5 Å². The quantitative estimate of drug-likeness (QED) is 0.627. The average molecular weight is 352 g/mol. The van der Waals surface area contributed by atoms with Crippen molar-refractivity contribution in [1.29, 1.82) is 0 Å². The van der Waals surface area contributed by atoms with Crippen molar-refractivity contribution in [1.82, 2.24) is 10.3 Å². The number of esters is 1. The number of carbonyl (C=O) groups is 1. The lowest BCUT2D eigenvalue weighted by atomic mass is 9.78. The number of ether oxygens (including phenoxy) is 1. The summed E-state index contributed by atoms with van der Waals surface area (Å²) in [6.07, 6.45) is 3.45. The first-order valence-electron chi connectivity index (χ1n) is 8.04. The van der Waals surface area contributed by atoms with E-state index in [1.807, 2.05) is 40.8 Å². The summed E-state index contributed by atoms with van der Waals surface area (Å²) in [5.74, 6) is -0.347.